The first-order valence-electron chi connectivity index (χ1n) is 5.39. The molecular weight excluding hydrogens is 256 g/mol. The molecule has 1 rings (SSSR count). The Labute approximate surface area is 106 Å². The molecule has 1 aromatic heterocycles. The summed E-state index contributed by atoms with van der Waals surface area (Å²) >= 11 is 0. The molecule has 1 amide bonds. The molecule has 0 aromatic carbocycles. The van der Waals surface area contributed by atoms with Crippen LogP contribution < -0.4 is 15.4 Å². The van der Waals surface area contributed by atoms with Gasteiger partial charge in [-0.2, -0.15) is 0 Å². The number of pyridine rings is 1. The number of rotatable bonds is 6. The maximum Gasteiger partial charge on any atom is 0.241 e. The molecule has 0 spiro atoms. The second-order valence-corrected chi connectivity index (χ2v) is 5.17. The highest BCUT2D eigenvalue weighted by molar-refractivity contribution is 7.89. The summed E-state index contributed by atoms with van der Waals surface area (Å²) in [5, 5.41) is 5.24. The highest BCUT2D eigenvalue weighted by Gasteiger charge is 2.15. The van der Waals surface area contributed by atoms with E-state index in [1.807, 2.05) is 6.92 Å². The van der Waals surface area contributed by atoms with E-state index in [1.54, 1.807) is 0 Å². The lowest BCUT2D eigenvalue weighted by Crippen LogP contribution is -2.35. The lowest BCUT2D eigenvalue weighted by atomic mass is 10.4. The zero-order valence-corrected chi connectivity index (χ0v) is 11.0. The van der Waals surface area contributed by atoms with Gasteiger partial charge in [0.05, 0.1) is 11.4 Å². The molecule has 0 aliphatic carbocycles. The second-order valence-electron chi connectivity index (χ2n) is 3.40. The van der Waals surface area contributed by atoms with Crippen molar-refractivity contribution in [1.82, 2.24) is 15.0 Å². The van der Waals surface area contributed by atoms with Crippen LogP contribution in [0.2, 0.25) is 0 Å². The summed E-state index contributed by atoms with van der Waals surface area (Å²) in [7, 11) is -2.26. The van der Waals surface area contributed by atoms with Crippen LogP contribution in [-0.4, -0.2) is 39.4 Å². The summed E-state index contributed by atoms with van der Waals surface area (Å²) < 4.78 is 25.9. The number of hydrogen-bond acceptors (Lipinski definition) is 5. The molecule has 0 unspecified atom stereocenters. The van der Waals surface area contributed by atoms with Gasteiger partial charge >= 0.3 is 0 Å². The molecule has 0 saturated carbocycles. The van der Waals surface area contributed by atoms with Gasteiger partial charge in [-0.1, -0.05) is 0 Å². The number of nitrogens with one attached hydrogen (secondary N) is 3. The Balaban J connectivity index is 2.84. The first-order valence-corrected chi connectivity index (χ1v) is 6.88. The molecule has 1 aromatic rings. The number of hydrogen-bond donors (Lipinski definition) is 3. The van der Waals surface area contributed by atoms with E-state index in [2.05, 4.69) is 20.3 Å². The van der Waals surface area contributed by atoms with Crippen molar-refractivity contribution in [3.63, 3.8) is 0 Å². The van der Waals surface area contributed by atoms with Gasteiger partial charge in [0.2, 0.25) is 15.9 Å². The van der Waals surface area contributed by atoms with E-state index in [9.17, 15) is 13.2 Å². The molecule has 0 atom stereocenters. The van der Waals surface area contributed by atoms with Gasteiger partial charge in [-0.15, -0.1) is 0 Å². The Bertz CT molecular complexity index is 516. The first kappa shape index (κ1) is 14.4. The molecule has 100 valence electrons. The summed E-state index contributed by atoms with van der Waals surface area (Å²) in [6.45, 7) is 2.23. The lowest BCUT2D eigenvalue weighted by Gasteiger charge is -2.07. The Morgan fingerprint density at radius 3 is 2.78 bits per heavy atom. The van der Waals surface area contributed by atoms with Gasteiger partial charge in [0.25, 0.3) is 0 Å². The van der Waals surface area contributed by atoms with Gasteiger partial charge in [0.15, 0.2) is 0 Å². The lowest BCUT2D eigenvalue weighted by molar-refractivity contribution is -0.119. The normalized spacial score (nSPS) is 11.0. The van der Waals surface area contributed by atoms with Crippen molar-refractivity contribution in [2.75, 3.05) is 25.5 Å². The van der Waals surface area contributed by atoms with Crippen LogP contribution in [0.4, 0.5) is 5.82 Å². The van der Waals surface area contributed by atoms with Crippen LogP contribution in [0.1, 0.15) is 6.92 Å². The Morgan fingerprint density at radius 1 is 1.44 bits per heavy atom. The number of carbonyl (C=O) groups is 1. The van der Waals surface area contributed by atoms with E-state index in [0.29, 0.717) is 12.4 Å². The third kappa shape index (κ3) is 3.97. The van der Waals surface area contributed by atoms with Gasteiger partial charge in [-0.25, -0.2) is 18.1 Å². The number of anilines is 1. The Morgan fingerprint density at radius 2 is 2.17 bits per heavy atom. The fraction of sp³-hybridized carbons (Fsp3) is 0.400. The zero-order chi connectivity index (χ0) is 13.6. The van der Waals surface area contributed by atoms with E-state index in [0.717, 1.165) is 0 Å². The summed E-state index contributed by atoms with van der Waals surface area (Å²) in [5.41, 5.74) is 0. The van der Waals surface area contributed by atoms with Crippen molar-refractivity contribution >= 4 is 21.7 Å². The van der Waals surface area contributed by atoms with Gasteiger partial charge in [0, 0.05) is 25.9 Å². The van der Waals surface area contributed by atoms with Crippen molar-refractivity contribution in [2.24, 2.45) is 0 Å². The molecule has 0 fully saturated rings. The molecule has 0 saturated heterocycles. The molecular formula is C10H16N4O3S. The third-order valence-electron chi connectivity index (χ3n) is 2.10. The van der Waals surface area contributed by atoms with Crippen molar-refractivity contribution in [3.05, 3.63) is 18.3 Å². The standard InChI is InChI=1S/C10H16N4O3S/c1-3-12-9-6-8(4-5-13-9)18(16,17)14-7-10(15)11-2/h4-6,14H,3,7H2,1-2H3,(H,11,15)(H,12,13). The molecule has 3 N–H and O–H groups in total. The van der Waals surface area contributed by atoms with E-state index < -0.39 is 15.9 Å². The van der Waals surface area contributed by atoms with Gasteiger partial charge in [-0.3, -0.25) is 4.79 Å². The van der Waals surface area contributed by atoms with Gasteiger partial charge in [0.1, 0.15) is 5.82 Å². The predicted octanol–water partition coefficient (Wildman–Crippen LogP) is -0.462. The molecule has 0 aliphatic rings. The highest BCUT2D eigenvalue weighted by Crippen LogP contribution is 2.11. The number of aromatic nitrogens is 1. The van der Waals surface area contributed by atoms with E-state index in [-0.39, 0.29) is 11.4 Å². The highest BCUT2D eigenvalue weighted by atomic mass is 32.2. The quantitative estimate of drug-likeness (QED) is 0.650. The van der Waals surface area contributed by atoms with Gasteiger partial charge < -0.3 is 10.6 Å². The van der Waals surface area contributed by atoms with Crippen LogP contribution in [0.25, 0.3) is 0 Å². The SMILES string of the molecule is CCNc1cc(S(=O)(=O)NCC(=O)NC)ccn1. The fourth-order valence-electron chi connectivity index (χ4n) is 1.19. The molecule has 8 heteroatoms. The molecule has 0 radical (unpaired) electrons. The smallest absolute Gasteiger partial charge is 0.241 e. The van der Waals surface area contributed by atoms with E-state index in [4.69, 9.17) is 0 Å². The minimum Gasteiger partial charge on any atom is -0.370 e. The molecule has 1 heterocycles. The number of nitrogens with zero attached hydrogens (tertiary/aromatic N) is 1. The zero-order valence-electron chi connectivity index (χ0n) is 10.2. The molecule has 0 aliphatic heterocycles. The van der Waals surface area contributed by atoms with Crippen LogP contribution in [0.3, 0.4) is 0 Å². The summed E-state index contributed by atoms with van der Waals surface area (Å²) in [4.78, 5) is 15.0. The minimum absolute atomic E-state index is 0.0670. The number of likely N-dealkylation sites (N-methyl/N-ethyl adjacent to an activating group) is 1. The van der Waals surface area contributed by atoms with Crippen LogP contribution in [0, 0.1) is 0 Å². The van der Waals surface area contributed by atoms with Crippen LogP contribution in [-0.2, 0) is 14.8 Å². The number of sulfonamides is 1. The van der Waals surface area contributed by atoms with Crippen LogP contribution in [0.15, 0.2) is 23.2 Å². The summed E-state index contributed by atoms with van der Waals surface area (Å²) in [6.07, 6.45) is 1.40. The molecule has 18 heavy (non-hydrogen) atoms. The fourth-order valence-corrected chi connectivity index (χ4v) is 2.18. The average Bonchev–Trinajstić information content (AvgIpc) is 2.37. The van der Waals surface area contributed by atoms with Crippen molar-refractivity contribution in [2.45, 2.75) is 11.8 Å². The van der Waals surface area contributed by atoms with Crippen LogP contribution >= 0.6 is 0 Å². The largest absolute Gasteiger partial charge is 0.370 e. The number of amides is 1. The average molecular weight is 272 g/mol. The van der Waals surface area contributed by atoms with Crippen molar-refractivity contribution in [3.8, 4) is 0 Å². The summed E-state index contributed by atoms with van der Waals surface area (Å²) in [5.74, 6) is 0.0693. The predicted molar refractivity (Wildman–Crippen MR) is 67.7 cm³/mol. The third-order valence-corrected chi connectivity index (χ3v) is 3.50. The topological polar surface area (TPSA) is 100 Å². The summed E-state index contributed by atoms with van der Waals surface area (Å²) in [6, 6.07) is 2.78. The maximum absolute atomic E-state index is 11.9. The van der Waals surface area contributed by atoms with E-state index in [1.165, 1.54) is 25.4 Å². The maximum atomic E-state index is 11.9. The first-order chi connectivity index (χ1) is 8.49. The molecule has 0 bridgehead atoms. The van der Waals surface area contributed by atoms with Gasteiger partial charge in [-0.05, 0) is 13.0 Å². The van der Waals surface area contributed by atoms with E-state index >= 15 is 0 Å². The van der Waals surface area contributed by atoms with Crippen molar-refractivity contribution in [1.29, 1.82) is 0 Å². The Kier molecular flexibility index (Phi) is 5.05. The second kappa shape index (κ2) is 6.31. The van der Waals surface area contributed by atoms with Crippen molar-refractivity contribution < 1.29 is 13.2 Å². The Hall–Kier alpha value is -1.67. The molecule has 7 nitrogen and oxygen atoms in total. The minimum atomic E-state index is -3.70. The van der Waals surface area contributed by atoms with Crippen LogP contribution in [0.5, 0.6) is 0 Å². The number of carbonyl (C=O) groups excluding carboxylic acids is 1. The monoisotopic (exact) mass is 272 g/mol.